The molecule has 1 amide bonds. The van der Waals surface area contributed by atoms with Crippen molar-refractivity contribution in [2.75, 3.05) is 20.1 Å². The molecule has 0 bridgehead atoms. The van der Waals surface area contributed by atoms with E-state index in [2.05, 4.69) is 15.2 Å². The second-order valence-electron chi connectivity index (χ2n) is 4.83. The van der Waals surface area contributed by atoms with Crippen LogP contribution in [0.3, 0.4) is 0 Å². The number of likely N-dealkylation sites (tertiary alicyclic amines) is 1. The molecule has 8 heteroatoms. The molecule has 2 rings (SSSR count). The van der Waals surface area contributed by atoms with Gasteiger partial charge in [0.25, 0.3) is 11.6 Å². The minimum atomic E-state index is -0.632. The number of pyridine rings is 1. The number of nitrogens with zero attached hydrogens (tertiary/aromatic N) is 3. The Morgan fingerprint density at radius 3 is 2.80 bits per heavy atom. The third-order valence-corrected chi connectivity index (χ3v) is 3.55. The summed E-state index contributed by atoms with van der Waals surface area (Å²) >= 11 is 5.71. The number of carbonyl (C=O) groups excluding carboxylic acids is 1. The number of rotatable bonds is 3. The Morgan fingerprint density at radius 2 is 2.20 bits per heavy atom. The van der Waals surface area contributed by atoms with Gasteiger partial charge in [-0.15, -0.1) is 0 Å². The summed E-state index contributed by atoms with van der Waals surface area (Å²) in [5, 5.41) is 13.8. The standard InChI is InChI=1S/C12H15ClN4O3/c1-16-4-2-8(3-5-16)15-12(18)9-6-11(13)14-7-10(9)17(19)20/h6-8H,2-5H2,1H3,(H,15,18). The fourth-order valence-corrected chi connectivity index (χ4v) is 2.32. The first-order valence-corrected chi connectivity index (χ1v) is 6.64. The van der Waals surface area contributed by atoms with Crippen molar-refractivity contribution in [1.29, 1.82) is 0 Å². The Hall–Kier alpha value is -1.73. The molecule has 1 aromatic heterocycles. The van der Waals surface area contributed by atoms with Gasteiger partial charge in [-0.25, -0.2) is 4.98 Å². The summed E-state index contributed by atoms with van der Waals surface area (Å²) in [5.74, 6) is -0.476. The monoisotopic (exact) mass is 298 g/mol. The topological polar surface area (TPSA) is 88.4 Å². The van der Waals surface area contributed by atoms with Crippen molar-refractivity contribution in [2.45, 2.75) is 18.9 Å². The van der Waals surface area contributed by atoms with Crippen LogP contribution in [0.25, 0.3) is 0 Å². The molecular weight excluding hydrogens is 284 g/mol. The van der Waals surface area contributed by atoms with E-state index in [9.17, 15) is 14.9 Å². The molecule has 0 aliphatic carbocycles. The molecule has 0 aromatic carbocycles. The molecule has 1 aromatic rings. The molecule has 0 atom stereocenters. The predicted octanol–water partition coefficient (Wildman–Crippen LogP) is 1.47. The molecule has 0 radical (unpaired) electrons. The third kappa shape index (κ3) is 3.43. The minimum Gasteiger partial charge on any atom is -0.349 e. The number of amides is 1. The van der Waals surface area contributed by atoms with Gasteiger partial charge in [-0.2, -0.15) is 0 Å². The maximum absolute atomic E-state index is 12.2. The largest absolute Gasteiger partial charge is 0.349 e. The average molecular weight is 299 g/mol. The summed E-state index contributed by atoms with van der Waals surface area (Å²) < 4.78 is 0. The zero-order valence-corrected chi connectivity index (χ0v) is 11.8. The SMILES string of the molecule is CN1CCC(NC(=O)c2cc(Cl)ncc2[N+](=O)[O-])CC1. The third-order valence-electron chi connectivity index (χ3n) is 3.34. The van der Waals surface area contributed by atoms with E-state index in [0.717, 1.165) is 32.1 Å². The summed E-state index contributed by atoms with van der Waals surface area (Å²) in [6.45, 7) is 1.79. The van der Waals surface area contributed by atoms with E-state index in [1.54, 1.807) is 0 Å². The number of hydrogen-bond acceptors (Lipinski definition) is 5. The van der Waals surface area contributed by atoms with E-state index in [-0.39, 0.29) is 22.4 Å². The van der Waals surface area contributed by atoms with Crippen LogP contribution in [-0.4, -0.2) is 46.9 Å². The van der Waals surface area contributed by atoms with E-state index < -0.39 is 10.8 Å². The molecule has 20 heavy (non-hydrogen) atoms. The lowest BCUT2D eigenvalue weighted by atomic mass is 10.0. The highest BCUT2D eigenvalue weighted by Gasteiger charge is 2.25. The number of nitro groups is 1. The van der Waals surface area contributed by atoms with Crippen LogP contribution < -0.4 is 5.32 Å². The first kappa shape index (κ1) is 14.7. The minimum absolute atomic E-state index is 0.0326. The molecule has 108 valence electrons. The van der Waals surface area contributed by atoms with E-state index in [1.165, 1.54) is 6.07 Å². The average Bonchev–Trinajstić information content (AvgIpc) is 2.41. The fraction of sp³-hybridized carbons (Fsp3) is 0.500. The predicted molar refractivity (Wildman–Crippen MR) is 73.9 cm³/mol. The van der Waals surface area contributed by atoms with Gasteiger partial charge in [0.05, 0.1) is 4.92 Å². The Labute approximate surface area is 121 Å². The number of piperidine rings is 1. The van der Waals surface area contributed by atoms with Crippen molar-refractivity contribution in [3.63, 3.8) is 0 Å². The zero-order valence-electron chi connectivity index (χ0n) is 11.0. The maximum Gasteiger partial charge on any atom is 0.300 e. The first-order valence-electron chi connectivity index (χ1n) is 6.26. The van der Waals surface area contributed by atoms with E-state index in [1.807, 2.05) is 7.05 Å². The van der Waals surface area contributed by atoms with E-state index in [0.29, 0.717) is 0 Å². The second kappa shape index (κ2) is 6.15. The van der Waals surface area contributed by atoms with Gasteiger partial charge in [-0.05, 0) is 39.0 Å². The summed E-state index contributed by atoms with van der Waals surface area (Å²) in [6, 6.07) is 1.26. The second-order valence-corrected chi connectivity index (χ2v) is 5.22. The van der Waals surface area contributed by atoms with Crippen molar-refractivity contribution < 1.29 is 9.72 Å². The lowest BCUT2D eigenvalue weighted by Gasteiger charge is -2.29. The van der Waals surface area contributed by atoms with Gasteiger partial charge >= 0.3 is 0 Å². The van der Waals surface area contributed by atoms with Crippen LogP contribution in [0.5, 0.6) is 0 Å². The van der Waals surface area contributed by atoms with Crippen LogP contribution >= 0.6 is 11.6 Å². The lowest BCUT2D eigenvalue weighted by Crippen LogP contribution is -2.43. The first-order chi connectivity index (χ1) is 9.47. The Bertz CT molecular complexity index is 529. The van der Waals surface area contributed by atoms with Crippen LogP contribution in [-0.2, 0) is 0 Å². The van der Waals surface area contributed by atoms with Gasteiger partial charge in [0, 0.05) is 6.04 Å². The Kier molecular flexibility index (Phi) is 4.51. The number of halogens is 1. The van der Waals surface area contributed by atoms with Crippen LogP contribution in [0.1, 0.15) is 23.2 Å². The van der Waals surface area contributed by atoms with Gasteiger partial charge in [0.15, 0.2) is 0 Å². The van der Waals surface area contributed by atoms with Crippen molar-refractivity contribution >= 4 is 23.2 Å². The summed E-state index contributed by atoms with van der Waals surface area (Å²) in [6.07, 6.45) is 2.66. The summed E-state index contributed by atoms with van der Waals surface area (Å²) in [5.41, 5.74) is -0.381. The Morgan fingerprint density at radius 1 is 1.55 bits per heavy atom. The molecule has 1 N–H and O–H groups in total. The zero-order chi connectivity index (χ0) is 14.7. The number of hydrogen-bond donors (Lipinski definition) is 1. The van der Waals surface area contributed by atoms with Crippen LogP contribution in [0, 0.1) is 10.1 Å². The maximum atomic E-state index is 12.2. The van der Waals surface area contributed by atoms with Gasteiger partial charge < -0.3 is 10.2 Å². The van der Waals surface area contributed by atoms with Crippen molar-refractivity contribution in [2.24, 2.45) is 0 Å². The molecule has 7 nitrogen and oxygen atoms in total. The number of carbonyl (C=O) groups is 1. The van der Waals surface area contributed by atoms with E-state index >= 15 is 0 Å². The fourth-order valence-electron chi connectivity index (χ4n) is 2.17. The summed E-state index contributed by atoms with van der Waals surface area (Å²) in [7, 11) is 2.02. The normalized spacial score (nSPS) is 16.9. The molecular formula is C12H15ClN4O3. The van der Waals surface area contributed by atoms with Gasteiger partial charge in [0.1, 0.15) is 16.9 Å². The Balaban J connectivity index is 2.12. The molecule has 0 spiro atoms. The molecule has 1 fully saturated rings. The molecule has 1 aliphatic rings. The highest BCUT2D eigenvalue weighted by atomic mass is 35.5. The molecule has 0 saturated carbocycles. The molecule has 2 heterocycles. The van der Waals surface area contributed by atoms with Crippen LogP contribution in [0.2, 0.25) is 5.15 Å². The molecule has 0 unspecified atom stereocenters. The molecule has 1 saturated heterocycles. The van der Waals surface area contributed by atoms with E-state index in [4.69, 9.17) is 11.6 Å². The van der Waals surface area contributed by atoms with Gasteiger partial charge in [-0.1, -0.05) is 11.6 Å². The van der Waals surface area contributed by atoms with Crippen molar-refractivity contribution in [3.8, 4) is 0 Å². The number of nitrogens with one attached hydrogen (secondary N) is 1. The highest BCUT2D eigenvalue weighted by molar-refractivity contribution is 6.29. The molecule has 1 aliphatic heterocycles. The number of aromatic nitrogens is 1. The van der Waals surface area contributed by atoms with Crippen molar-refractivity contribution in [1.82, 2.24) is 15.2 Å². The lowest BCUT2D eigenvalue weighted by molar-refractivity contribution is -0.385. The summed E-state index contributed by atoms with van der Waals surface area (Å²) in [4.78, 5) is 28.2. The van der Waals surface area contributed by atoms with Crippen molar-refractivity contribution in [3.05, 3.63) is 33.1 Å². The van der Waals surface area contributed by atoms with Crippen LogP contribution in [0.15, 0.2) is 12.3 Å². The van der Waals surface area contributed by atoms with Gasteiger partial charge in [0.2, 0.25) is 0 Å². The highest BCUT2D eigenvalue weighted by Crippen LogP contribution is 2.21. The smallest absolute Gasteiger partial charge is 0.300 e. The van der Waals surface area contributed by atoms with Crippen LogP contribution in [0.4, 0.5) is 5.69 Å². The quantitative estimate of drug-likeness (QED) is 0.518. The van der Waals surface area contributed by atoms with Gasteiger partial charge in [-0.3, -0.25) is 14.9 Å².